The highest BCUT2D eigenvalue weighted by atomic mass is 35.5. The minimum atomic E-state index is -0.585. The van der Waals surface area contributed by atoms with Crippen LogP contribution in [0.4, 0.5) is 4.39 Å². The molecule has 1 unspecified atom stereocenters. The molecule has 3 nitrogen and oxygen atoms in total. The first kappa shape index (κ1) is 14.5. The van der Waals surface area contributed by atoms with Crippen LogP contribution in [0.3, 0.4) is 0 Å². The maximum atomic E-state index is 13.2. The molecule has 1 atom stereocenters. The summed E-state index contributed by atoms with van der Waals surface area (Å²) in [4.78, 5) is 17.5. The largest absolute Gasteiger partial charge is 0.335 e. The topological polar surface area (TPSA) is 33.2 Å². The number of pyridine rings is 1. The third-order valence-electron chi connectivity index (χ3n) is 3.22. The molecule has 1 amide bonds. The van der Waals surface area contributed by atoms with Crippen molar-refractivity contribution in [1.82, 2.24) is 9.88 Å². The van der Waals surface area contributed by atoms with E-state index in [1.807, 2.05) is 37.3 Å². The highest BCUT2D eigenvalue weighted by molar-refractivity contribution is 6.32. The minimum Gasteiger partial charge on any atom is -0.335 e. The average Bonchev–Trinajstić information content (AvgIpc) is 2.48. The number of carbonyl (C=O) groups excluding carboxylic acids is 1. The van der Waals surface area contributed by atoms with E-state index in [2.05, 4.69) is 4.98 Å². The highest BCUT2D eigenvalue weighted by Crippen LogP contribution is 2.23. The summed E-state index contributed by atoms with van der Waals surface area (Å²) in [6.45, 7) is 1.90. The van der Waals surface area contributed by atoms with Gasteiger partial charge >= 0.3 is 0 Å². The van der Waals surface area contributed by atoms with Crippen molar-refractivity contribution in [2.75, 3.05) is 7.05 Å². The van der Waals surface area contributed by atoms with Gasteiger partial charge in [0.25, 0.3) is 5.91 Å². The number of hydrogen-bond acceptors (Lipinski definition) is 2. The second-order valence-electron chi connectivity index (χ2n) is 4.49. The van der Waals surface area contributed by atoms with Gasteiger partial charge in [-0.2, -0.15) is 0 Å². The van der Waals surface area contributed by atoms with Gasteiger partial charge in [0.05, 0.1) is 17.8 Å². The van der Waals surface area contributed by atoms with E-state index in [-0.39, 0.29) is 22.7 Å². The Morgan fingerprint density at radius 1 is 1.35 bits per heavy atom. The van der Waals surface area contributed by atoms with E-state index in [1.54, 1.807) is 7.05 Å². The van der Waals surface area contributed by atoms with E-state index < -0.39 is 5.82 Å². The Morgan fingerprint density at radius 2 is 2.00 bits per heavy atom. The first-order chi connectivity index (χ1) is 9.50. The van der Waals surface area contributed by atoms with Crippen molar-refractivity contribution >= 4 is 17.5 Å². The number of aromatic nitrogens is 1. The highest BCUT2D eigenvalue weighted by Gasteiger charge is 2.21. The molecular weight excluding hydrogens is 279 g/mol. The Labute approximate surface area is 122 Å². The number of halogens is 2. The predicted octanol–water partition coefficient (Wildman–Crippen LogP) is 3.71. The van der Waals surface area contributed by atoms with Crippen molar-refractivity contribution in [1.29, 1.82) is 0 Å². The zero-order chi connectivity index (χ0) is 14.7. The molecule has 1 aromatic carbocycles. The number of rotatable bonds is 3. The molecule has 0 bridgehead atoms. The molecule has 104 valence electrons. The molecule has 0 spiro atoms. The van der Waals surface area contributed by atoms with Gasteiger partial charge in [-0.1, -0.05) is 41.9 Å². The first-order valence-electron chi connectivity index (χ1n) is 6.14. The number of hydrogen-bond donors (Lipinski definition) is 0. The molecule has 20 heavy (non-hydrogen) atoms. The molecular formula is C15H14ClFN2O. The van der Waals surface area contributed by atoms with Crippen LogP contribution in [0.1, 0.15) is 28.9 Å². The third kappa shape index (κ3) is 2.96. The predicted molar refractivity (Wildman–Crippen MR) is 76.2 cm³/mol. The van der Waals surface area contributed by atoms with Crippen LogP contribution in [0.15, 0.2) is 42.6 Å². The Hall–Kier alpha value is -1.94. The number of nitrogens with zero attached hydrogens (tertiary/aromatic N) is 2. The fourth-order valence-corrected chi connectivity index (χ4v) is 2.08. The van der Waals surface area contributed by atoms with Gasteiger partial charge in [0, 0.05) is 7.05 Å². The summed E-state index contributed by atoms with van der Waals surface area (Å²) in [6.07, 6.45) is 0.986. The molecule has 0 aliphatic rings. The Kier molecular flexibility index (Phi) is 4.35. The number of amides is 1. The molecule has 2 aromatic rings. The Morgan fingerprint density at radius 3 is 2.65 bits per heavy atom. The molecule has 0 saturated heterocycles. The van der Waals surface area contributed by atoms with Crippen LogP contribution in [-0.2, 0) is 0 Å². The summed E-state index contributed by atoms with van der Waals surface area (Å²) < 4.78 is 13.2. The minimum absolute atomic E-state index is 0.00325. The SMILES string of the molecule is CC(c1ccccc1)N(C)C(=O)c1cc(F)cnc1Cl. The lowest BCUT2D eigenvalue weighted by Crippen LogP contribution is -2.30. The lowest BCUT2D eigenvalue weighted by Gasteiger charge is -2.25. The number of carbonyl (C=O) groups is 1. The van der Waals surface area contributed by atoms with Crippen LogP contribution in [0.2, 0.25) is 5.15 Å². The zero-order valence-corrected chi connectivity index (χ0v) is 11.9. The maximum Gasteiger partial charge on any atom is 0.257 e. The standard InChI is InChI=1S/C15H14ClFN2O/c1-10(11-6-4-3-5-7-11)19(2)15(20)13-8-12(17)9-18-14(13)16/h3-10H,1-2H3. The van der Waals surface area contributed by atoms with Gasteiger partial charge in [0.2, 0.25) is 0 Å². The van der Waals surface area contributed by atoms with Crippen molar-refractivity contribution in [2.24, 2.45) is 0 Å². The molecule has 1 aromatic heterocycles. The van der Waals surface area contributed by atoms with Gasteiger partial charge in [-0.05, 0) is 18.6 Å². The molecule has 0 N–H and O–H groups in total. The van der Waals surface area contributed by atoms with Crippen molar-refractivity contribution in [3.8, 4) is 0 Å². The summed E-state index contributed by atoms with van der Waals surface area (Å²) in [5.74, 6) is -0.947. The van der Waals surface area contributed by atoms with Crippen molar-refractivity contribution in [2.45, 2.75) is 13.0 Å². The summed E-state index contributed by atoms with van der Waals surface area (Å²) in [6, 6.07) is 10.5. The maximum absolute atomic E-state index is 13.2. The second-order valence-corrected chi connectivity index (χ2v) is 4.85. The molecule has 0 fully saturated rings. The zero-order valence-electron chi connectivity index (χ0n) is 11.2. The molecule has 0 aliphatic carbocycles. The van der Waals surface area contributed by atoms with Crippen LogP contribution >= 0.6 is 11.6 Å². The molecule has 0 aliphatic heterocycles. The number of benzene rings is 1. The van der Waals surface area contributed by atoms with Crippen LogP contribution < -0.4 is 0 Å². The summed E-state index contributed by atoms with van der Waals surface area (Å²) in [5, 5.41) is 0.00325. The van der Waals surface area contributed by atoms with Gasteiger partial charge in [-0.15, -0.1) is 0 Å². The Balaban J connectivity index is 2.27. The summed E-state index contributed by atoms with van der Waals surface area (Å²) in [7, 11) is 1.65. The van der Waals surface area contributed by atoms with E-state index in [0.29, 0.717) is 0 Å². The summed E-state index contributed by atoms with van der Waals surface area (Å²) >= 11 is 5.86. The third-order valence-corrected chi connectivity index (χ3v) is 3.52. The quantitative estimate of drug-likeness (QED) is 0.808. The molecule has 2 rings (SSSR count). The van der Waals surface area contributed by atoms with Crippen molar-refractivity contribution < 1.29 is 9.18 Å². The molecule has 0 radical (unpaired) electrons. The monoisotopic (exact) mass is 292 g/mol. The van der Waals surface area contributed by atoms with Crippen LogP contribution in [0.25, 0.3) is 0 Å². The average molecular weight is 293 g/mol. The van der Waals surface area contributed by atoms with Crippen LogP contribution in [-0.4, -0.2) is 22.8 Å². The van der Waals surface area contributed by atoms with E-state index in [4.69, 9.17) is 11.6 Å². The molecule has 5 heteroatoms. The molecule has 0 saturated carbocycles. The Bertz CT molecular complexity index is 619. The van der Waals surface area contributed by atoms with Gasteiger partial charge < -0.3 is 4.90 Å². The van der Waals surface area contributed by atoms with Gasteiger partial charge in [-0.3, -0.25) is 4.79 Å². The first-order valence-corrected chi connectivity index (χ1v) is 6.51. The van der Waals surface area contributed by atoms with Crippen LogP contribution in [0, 0.1) is 5.82 Å². The van der Waals surface area contributed by atoms with Gasteiger partial charge in [0.15, 0.2) is 0 Å². The smallest absolute Gasteiger partial charge is 0.257 e. The summed E-state index contributed by atoms with van der Waals surface area (Å²) in [5.41, 5.74) is 1.06. The van der Waals surface area contributed by atoms with E-state index >= 15 is 0 Å². The lowest BCUT2D eigenvalue weighted by atomic mass is 10.1. The van der Waals surface area contributed by atoms with E-state index in [0.717, 1.165) is 17.8 Å². The van der Waals surface area contributed by atoms with Gasteiger partial charge in [-0.25, -0.2) is 9.37 Å². The fourth-order valence-electron chi connectivity index (χ4n) is 1.89. The fraction of sp³-hybridized carbons (Fsp3) is 0.200. The van der Waals surface area contributed by atoms with Crippen LogP contribution in [0.5, 0.6) is 0 Å². The molecule has 1 heterocycles. The van der Waals surface area contributed by atoms with Crippen molar-refractivity contribution in [3.63, 3.8) is 0 Å². The lowest BCUT2D eigenvalue weighted by molar-refractivity contribution is 0.0742. The normalized spacial score (nSPS) is 12.0. The van der Waals surface area contributed by atoms with Crippen molar-refractivity contribution in [3.05, 3.63) is 64.7 Å². The van der Waals surface area contributed by atoms with E-state index in [1.165, 1.54) is 4.90 Å². The van der Waals surface area contributed by atoms with E-state index in [9.17, 15) is 9.18 Å². The van der Waals surface area contributed by atoms with Gasteiger partial charge in [0.1, 0.15) is 11.0 Å². The second kappa shape index (κ2) is 6.01.